The zero-order valence-corrected chi connectivity index (χ0v) is 10.3. The number of hydrogen-bond acceptors (Lipinski definition) is 2. The first-order chi connectivity index (χ1) is 8.29. The fraction of sp³-hybridized carbons (Fsp3) is 0.357. The summed E-state index contributed by atoms with van der Waals surface area (Å²) in [6, 6.07) is 8.55. The maximum atomic E-state index is 4.66. The topological polar surface area (TPSA) is 29.9 Å². The maximum absolute atomic E-state index is 4.66. The van der Waals surface area contributed by atoms with Crippen molar-refractivity contribution in [2.75, 3.05) is 12.4 Å². The molecule has 1 N–H and O–H groups in total. The minimum Gasteiger partial charge on any atom is -0.371 e. The molecule has 88 valence electrons. The molecule has 0 atom stereocenters. The van der Waals surface area contributed by atoms with Crippen molar-refractivity contribution in [1.29, 1.82) is 0 Å². The highest BCUT2D eigenvalue weighted by Gasteiger charge is 2.22. The van der Waals surface area contributed by atoms with Gasteiger partial charge in [-0.2, -0.15) is 0 Å². The van der Waals surface area contributed by atoms with E-state index in [4.69, 9.17) is 0 Å². The van der Waals surface area contributed by atoms with Crippen molar-refractivity contribution >= 4 is 5.82 Å². The molecule has 3 heteroatoms. The Hall–Kier alpha value is -1.77. The van der Waals surface area contributed by atoms with Crippen molar-refractivity contribution in [3.05, 3.63) is 41.1 Å². The molecule has 1 aromatic heterocycles. The zero-order chi connectivity index (χ0) is 11.8. The molecule has 0 aliphatic heterocycles. The number of fused-ring (bicyclic) bond motifs is 1. The lowest BCUT2D eigenvalue weighted by Crippen LogP contribution is -2.01. The van der Waals surface area contributed by atoms with E-state index >= 15 is 0 Å². The Morgan fingerprint density at radius 2 is 1.94 bits per heavy atom. The third-order valence-corrected chi connectivity index (χ3v) is 3.45. The summed E-state index contributed by atoms with van der Waals surface area (Å²) in [4.78, 5) is 0. The van der Waals surface area contributed by atoms with Crippen LogP contribution in [0, 0.1) is 6.92 Å². The Balaban J connectivity index is 2.12. The summed E-state index contributed by atoms with van der Waals surface area (Å²) in [5.74, 6) is 1.04. The molecule has 17 heavy (non-hydrogen) atoms. The summed E-state index contributed by atoms with van der Waals surface area (Å²) in [5.41, 5.74) is 5.22. The summed E-state index contributed by atoms with van der Waals surface area (Å²) in [6.45, 7) is 2.11. The number of anilines is 1. The fourth-order valence-electron chi connectivity index (χ4n) is 2.54. The summed E-state index contributed by atoms with van der Waals surface area (Å²) in [5, 5.41) is 7.85. The highest BCUT2D eigenvalue weighted by atomic mass is 15.3. The quantitative estimate of drug-likeness (QED) is 0.855. The Labute approximate surface area is 101 Å². The molecule has 3 rings (SSSR count). The van der Waals surface area contributed by atoms with Gasteiger partial charge >= 0.3 is 0 Å². The average Bonchev–Trinajstić information content (AvgIpc) is 2.91. The van der Waals surface area contributed by atoms with Crippen LogP contribution in [-0.2, 0) is 12.8 Å². The molecule has 1 aromatic carbocycles. The largest absolute Gasteiger partial charge is 0.371 e. The second-order valence-corrected chi connectivity index (χ2v) is 4.62. The van der Waals surface area contributed by atoms with Gasteiger partial charge in [-0.3, -0.25) is 0 Å². The molecular formula is C14H17N3. The van der Waals surface area contributed by atoms with E-state index < -0.39 is 0 Å². The summed E-state index contributed by atoms with van der Waals surface area (Å²) < 4.78 is 2.09. The molecule has 0 bridgehead atoms. The van der Waals surface area contributed by atoms with Crippen LogP contribution in [-0.4, -0.2) is 16.8 Å². The van der Waals surface area contributed by atoms with E-state index in [0.717, 1.165) is 24.3 Å². The van der Waals surface area contributed by atoms with Gasteiger partial charge in [0.1, 0.15) is 0 Å². The molecule has 1 aliphatic carbocycles. The van der Waals surface area contributed by atoms with Crippen LogP contribution in [0.3, 0.4) is 0 Å². The number of aryl methyl sites for hydroxylation is 1. The Morgan fingerprint density at radius 1 is 1.18 bits per heavy atom. The molecule has 0 saturated heterocycles. The van der Waals surface area contributed by atoms with Gasteiger partial charge in [0.05, 0.1) is 5.69 Å². The molecule has 1 aliphatic rings. The van der Waals surface area contributed by atoms with Gasteiger partial charge in [0.25, 0.3) is 0 Å². The van der Waals surface area contributed by atoms with Crippen LogP contribution in [0.2, 0.25) is 0 Å². The lowest BCUT2D eigenvalue weighted by atomic mass is 10.2. The molecule has 0 fully saturated rings. The van der Waals surface area contributed by atoms with Crippen LogP contribution in [0.5, 0.6) is 0 Å². The molecular weight excluding hydrogens is 210 g/mol. The number of benzene rings is 1. The first-order valence-corrected chi connectivity index (χ1v) is 6.15. The normalized spacial score (nSPS) is 13.8. The lowest BCUT2D eigenvalue weighted by molar-refractivity contribution is 0.787. The van der Waals surface area contributed by atoms with E-state index in [1.54, 1.807) is 0 Å². The van der Waals surface area contributed by atoms with Gasteiger partial charge in [-0.1, -0.05) is 17.7 Å². The van der Waals surface area contributed by atoms with Crippen LogP contribution in [0.1, 0.15) is 23.2 Å². The zero-order valence-electron chi connectivity index (χ0n) is 10.3. The van der Waals surface area contributed by atoms with Crippen molar-refractivity contribution in [3.63, 3.8) is 0 Å². The molecule has 2 aromatic rings. The van der Waals surface area contributed by atoms with Crippen molar-refractivity contribution in [2.45, 2.75) is 26.2 Å². The van der Waals surface area contributed by atoms with Gasteiger partial charge in [-0.15, -0.1) is 5.10 Å². The third-order valence-electron chi connectivity index (χ3n) is 3.45. The summed E-state index contributed by atoms with van der Waals surface area (Å²) >= 11 is 0. The van der Waals surface area contributed by atoms with Crippen molar-refractivity contribution in [3.8, 4) is 5.69 Å². The van der Waals surface area contributed by atoms with Crippen LogP contribution < -0.4 is 5.32 Å². The summed E-state index contributed by atoms with van der Waals surface area (Å²) in [6.07, 6.45) is 3.53. The number of rotatable bonds is 2. The number of nitrogens with one attached hydrogen (secondary N) is 1. The predicted molar refractivity (Wildman–Crippen MR) is 69.9 cm³/mol. The number of nitrogens with zero attached hydrogens (tertiary/aromatic N) is 2. The first-order valence-electron chi connectivity index (χ1n) is 6.15. The van der Waals surface area contributed by atoms with Gasteiger partial charge in [0.15, 0.2) is 5.82 Å². The van der Waals surface area contributed by atoms with Gasteiger partial charge in [0, 0.05) is 18.3 Å². The number of aromatic nitrogens is 2. The molecule has 1 heterocycles. The Kier molecular flexibility index (Phi) is 2.39. The molecule has 3 nitrogen and oxygen atoms in total. The highest BCUT2D eigenvalue weighted by molar-refractivity contribution is 5.52. The Bertz CT molecular complexity index is 537. The van der Waals surface area contributed by atoms with E-state index in [1.807, 2.05) is 7.05 Å². The van der Waals surface area contributed by atoms with Crippen LogP contribution in [0.15, 0.2) is 24.3 Å². The van der Waals surface area contributed by atoms with E-state index in [-0.39, 0.29) is 0 Å². The lowest BCUT2D eigenvalue weighted by Gasteiger charge is -2.05. The predicted octanol–water partition coefficient (Wildman–Crippen LogP) is 2.71. The van der Waals surface area contributed by atoms with E-state index in [2.05, 4.69) is 46.3 Å². The monoisotopic (exact) mass is 227 g/mol. The second kappa shape index (κ2) is 3.91. The van der Waals surface area contributed by atoms with Crippen molar-refractivity contribution in [2.24, 2.45) is 0 Å². The van der Waals surface area contributed by atoms with Gasteiger partial charge in [-0.25, -0.2) is 4.68 Å². The number of hydrogen-bond donors (Lipinski definition) is 1. The molecule has 0 radical (unpaired) electrons. The summed E-state index contributed by atoms with van der Waals surface area (Å²) in [7, 11) is 1.94. The van der Waals surface area contributed by atoms with Crippen molar-refractivity contribution < 1.29 is 0 Å². The first kappa shape index (κ1) is 10.4. The van der Waals surface area contributed by atoms with Gasteiger partial charge < -0.3 is 5.32 Å². The minimum absolute atomic E-state index is 1.04. The Morgan fingerprint density at radius 3 is 2.65 bits per heavy atom. The van der Waals surface area contributed by atoms with Crippen molar-refractivity contribution in [1.82, 2.24) is 9.78 Å². The van der Waals surface area contributed by atoms with E-state index in [9.17, 15) is 0 Å². The van der Waals surface area contributed by atoms with Gasteiger partial charge in [0.2, 0.25) is 0 Å². The van der Waals surface area contributed by atoms with E-state index in [1.165, 1.54) is 23.2 Å². The molecule has 0 unspecified atom stereocenters. The van der Waals surface area contributed by atoms with Crippen LogP contribution in [0.4, 0.5) is 5.82 Å². The fourth-order valence-corrected chi connectivity index (χ4v) is 2.54. The van der Waals surface area contributed by atoms with Crippen LogP contribution >= 0.6 is 0 Å². The molecule has 0 spiro atoms. The standard InChI is InChI=1S/C14H17N3/c1-10-6-8-11(9-7-10)17-13-5-3-4-12(13)14(15-2)16-17/h6-9H,3-5H2,1-2H3,(H,15,16). The maximum Gasteiger partial charge on any atom is 0.151 e. The average molecular weight is 227 g/mol. The van der Waals surface area contributed by atoms with E-state index in [0.29, 0.717) is 0 Å². The minimum atomic E-state index is 1.04. The molecule has 0 amide bonds. The highest BCUT2D eigenvalue weighted by Crippen LogP contribution is 2.30. The molecule has 0 saturated carbocycles. The van der Waals surface area contributed by atoms with Gasteiger partial charge in [-0.05, 0) is 38.3 Å². The third kappa shape index (κ3) is 1.62. The SMILES string of the molecule is CNc1nn(-c2ccc(C)cc2)c2c1CCC2. The second-order valence-electron chi connectivity index (χ2n) is 4.62. The smallest absolute Gasteiger partial charge is 0.151 e. The van der Waals surface area contributed by atoms with Crippen LogP contribution in [0.25, 0.3) is 5.69 Å².